The minimum Gasteiger partial charge on any atom is -0.480 e. The Balaban J connectivity index is 1.83. The van der Waals surface area contributed by atoms with Crippen LogP contribution >= 0.6 is 11.3 Å². The van der Waals surface area contributed by atoms with Crippen LogP contribution in [0, 0.1) is 0 Å². The maximum atomic E-state index is 11.9. The van der Waals surface area contributed by atoms with E-state index in [1.54, 1.807) is 6.20 Å². The molecule has 2 rings (SSSR count). The molecule has 1 aromatic heterocycles. The number of aliphatic hydroxyl groups is 1. The van der Waals surface area contributed by atoms with Gasteiger partial charge < -0.3 is 20.4 Å². The van der Waals surface area contributed by atoms with Gasteiger partial charge in [-0.05, 0) is 0 Å². The molecule has 1 aliphatic heterocycles. The molecule has 2 atom stereocenters. The molecule has 0 bridgehead atoms. The molecule has 0 saturated carbocycles. The predicted molar refractivity (Wildman–Crippen MR) is 68.0 cm³/mol. The maximum Gasteiger partial charge on any atom is 0.326 e. The van der Waals surface area contributed by atoms with E-state index in [1.807, 2.05) is 5.38 Å². The van der Waals surface area contributed by atoms with E-state index in [2.05, 4.69) is 10.3 Å². The summed E-state index contributed by atoms with van der Waals surface area (Å²) in [5, 5.41) is 23.9. The number of likely N-dealkylation sites (tertiary alicyclic amines) is 1. The Hall–Kier alpha value is -1.67. The van der Waals surface area contributed by atoms with Gasteiger partial charge in [-0.25, -0.2) is 14.6 Å². The minimum absolute atomic E-state index is 0.0556. The van der Waals surface area contributed by atoms with E-state index in [9.17, 15) is 14.7 Å². The molecular formula is C11H15N3O4S. The number of nitrogens with one attached hydrogen (secondary N) is 1. The Morgan fingerprint density at radius 2 is 2.37 bits per heavy atom. The number of carbonyl (C=O) groups is 2. The van der Waals surface area contributed by atoms with Crippen LogP contribution in [0.3, 0.4) is 0 Å². The van der Waals surface area contributed by atoms with Gasteiger partial charge in [0.2, 0.25) is 0 Å². The largest absolute Gasteiger partial charge is 0.480 e. The number of thiazole rings is 1. The molecule has 0 radical (unpaired) electrons. The predicted octanol–water partition coefficient (Wildman–Crippen LogP) is -0.0850. The number of hydrogen-bond donors (Lipinski definition) is 3. The number of amides is 2. The van der Waals surface area contributed by atoms with Crippen LogP contribution in [0.2, 0.25) is 0 Å². The molecule has 0 aromatic carbocycles. The molecule has 1 saturated heterocycles. The van der Waals surface area contributed by atoms with Crippen molar-refractivity contribution in [1.82, 2.24) is 15.2 Å². The van der Waals surface area contributed by atoms with Gasteiger partial charge in [-0.15, -0.1) is 11.3 Å². The van der Waals surface area contributed by atoms with Crippen molar-refractivity contribution in [3.8, 4) is 0 Å². The van der Waals surface area contributed by atoms with Crippen molar-refractivity contribution < 1.29 is 19.8 Å². The fourth-order valence-corrected chi connectivity index (χ4v) is 2.65. The summed E-state index contributed by atoms with van der Waals surface area (Å²) in [7, 11) is 0. The molecule has 2 amide bonds. The molecule has 8 heteroatoms. The third-order valence-electron chi connectivity index (χ3n) is 2.92. The number of nitrogens with zero attached hydrogens (tertiary/aromatic N) is 2. The molecule has 1 aliphatic rings. The second kappa shape index (κ2) is 5.98. The molecule has 104 valence electrons. The number of aliphatic hydroxyl groups excluding tert-OH is 1. The van der Waals surface area contributed by atoms with E-state index in [1.165, 1.54) is 11.3 Å². The molecule has 19 heavy (non-hydrogen) atoms. The van der Waals surface area contributed by atoms with Crippen molar-refractivity contribution in [3.05, 3.63) is 16.6 Å². The van der Waals surface area contributed by atoms with Gasteiger partial charge in [-0.3, -0.25) is 0 Å². The van der Waals surface area contributed by atoms with Crippen LogP contribution in [0.1, 0.15) is 11.4 Å². The zero-order valence-electron chi connectivity index (χ0n) is 10.2. The van der Waals surface area contributed by atoms with E-state index in [0.29, 0.717) is 13.0 Å². The van der Waals surface area contributed by atoms with E-state index in [-0.39, 0.29) is 13.0 Å². The highest BCUT2D eigenvalue weighted by molar-refractivity contribution is 7.09. The van der Waals surface area contributed by atoms with Gasteiger partial charge in [-0.2, -0.15) is 0 Å². The first-order valence-electron chi connectivity index (χ1n) is 5.91. The summed E-state index contributed by atoms with van der Waals surface area (Å²) in [4.78, 5) is 28.1. The number of urea groups is 1. The fraction of sp³-hybridized carbons (Fsp3) is 0.545. The summed E-state index contributed by atoms with van der Waals surface area (Å²) in [5.74, 6) is -1.09. The SMILES string of the molecule is O=C(O)[C@H]1C[C@@H](O)CN1C(=O)NCCc1nccs1. The van der Waals surface area contributed by atoms with Crippen LogP contribution in [-0.4, -0.2) is 57.3 Å². The molecule has 0 spiro atoms. The molecule has 0 unspecified atom stereocenters. The summed E-state index contributed by atoms with van der Waals surface area (Å²) in [6.07, 6.45) is 1.61. The number of rotatable bonds is 4. The van der Waals surface area contributed by atoms with Crippen molar-refractivity contribution >= 4 is 23.3 Å². The van der Waals surface area contributed by atoms with Gasteiger partial charge >= 0.3 is 12.0 Å². The van der Waals surface area contributed by atoms with E-state index >= 15 is 0 Å². The van der Waals surface area contributed by atoms with Crippen molar-refractivity contribution in [2.45, 2.75) is 25.0 Å². The molecule has 2 heterocycles. The van der Waals surface area contributed by atoms with Crippen LogP contribution in [-0.2, 0) is 11.2 Å². The maximum absolute atomic E-state index is 11.9. The Kier molecular flexibility index (Phi) is 4.33. The van der Waals surface area contributed by atoms with E-state index in [4.69, 9.17) is 5.11 Å². The normalized spacial score (nSPS) is 22.5. The molecule has 0 aliphatic carbocycles. The van der Waals surface area contributed by atoms with Crippen LogP contribution in [0.4, 0.5) is 4.79 Å². The molecular weight excluding hydrogens is 270 g/mol. The molecule has 1 fully saturated rings. The van der Waals surface area contributed by atoms with Gasteiger partial charge in [-0.1, -0.05) is 0 Å². The quantitative estimate of drug-likeness (QED) is 0.717. The average molecular weight is 285 g/mol. The zero-order valence-corrected chi connectivity index (χ0v) is 11.0. The summed E-state index contributed by atoms with van der Waals surface area (Å²) in [5.41, 5.74) is 0. The molecule has 1 aromatic rings. The number of carbonyl (C=O) groups excluding carboxylic acids is 1. The van der Waals surface area contributed by atoms with Gasteiger partial charge in [0.25, 0.3) is 0 Å². The average Bonchev–Trinajstić information content (AvgIpc) is 2.98. The first-order valence-corrected chi connectivity index (χ1v) is 6.79. The zero-order chi connectivity index (χ0) is 13.8. The highest BCUT2D eigenvalue weighted by Crippen LogP contribution is 2.18. The van der Waals surface area contributed by atoms with Gasteiger partial charge in [0.05, 0.1) is 11.1 Å². The van der Waals surface area contributed by atoms with Gasteiger partial charge in [0.1, 0.15) is 6.04 Å². The topological polar surface area (TPSA) is 103 Å². The summed E-state index contributed by atoms with van der Waals surface area (Å²) >= 11 is 1.50. The Labute approximate surface area is 113 Å². The smallest absolute Gasteiger partial charge is 0.326 e. The molecule has 7 nitrogen and oxygen atoms in total. The van der Waals surface area contributed by atoms with Crippen LogP contribution in [0.15, 0.2) is 11.6 Å². The number of carboxylic acids is 1. The Morgan fingerprint density at radius 3 is 3.00 bits per heavy atom. The monoisotopic (exact) mass is 285 g/mol. The van der Waals surface area contributed by atoms with E-state index < -0.39 is 24.1 Å². The number of carboxylic acid groups (broad SMARTS) is 1. The number of aliphatic carboxylic acids is 1. The molecule has 3 N–H and O–H groups in total. The lowest BCUT2D eigenvalue weighted by Crippen LogP contribution is -2.46. The first-order chi connectivity index (χ1) is 9.08. The van der Waals surface area contributed by atoms with Crippen molar-refractivity contribution in [2.24, 2.45) is 0 Å². The Bertz CT molecular complexity index is 451. The van der Waals surface area contributed by atoms with E-state index in [0.717, 1.165) is 9.91 Å². The summed E-state index contributed by atoms with van der Waals surface area (Å²) in [6, 6.07) is -1.41. The van der Waals surface area contributed by atoms with Crippen molar-refractivity contribution in [3.63, 3.8) is 0 Å². The van der Waals surface area contributed by atoms with Crippen LogP contribution in [0.5, 0.6) is 0 Å². The third-order valence-corrected chi connectivity index (χ3v) is 3.76. The minimum atomic E-state index is -1.09. The lowest BCUT2D eigenvalue weighted by Gasteiger charge is -2.21. The second-order valence-corrected chi connectivity index (χ2v) is 5.28. The van der Waals surface area contributed by atoms with Crippen molar-refractivity contribution in [2.75, 3.05) is 13.1 Å². The second-order valence-electron chi connectivity index (χ2n) is 4.30. The number of aromatic nitrogens is 1. The number of β-amino-alcohol motifs (C(OH)–C–C–N with tert-alkyl or cyclic N) is 1. The van der Waals surface area contributed by atoms with Crippen LogP contribution in [0.25, 0.3) is 0 Å². The Morgan fingerprint density at radius 1 is 1.58 bits per heavy atom. The number of hydrogen-bond acceptors (Lipinski definition) is 5. The third kappa shape index (κ3) is 3.42. The highest BCUT2D eigenvalue weighted by atomic mass is 32.1. The van der Waals surface area contributed by atoms with Crippen molar-refractivity contribution in [1.29, 1.82) is 0 Å². The lowest BCUT2D eigenvalue weighted by molar-refractivity contribution is -0.141. The van der Waals surface area contributed by atoms with Crippen LogP contribution < -0.4 is 5.32 Å². The highest BCUT2D eigenvalue weighted by Gasteiger charge is 2.38. The fourth-order valence-electron chi connectivity index (χ4n) is 2.03. The summed E-state index contributed by atoms with van der Waals surface area (Å²) in [6.45, 7) is 0.450. The summed E-state index contributed by atoms with van der Waals surface area (Å²) < 4.78 is 0. The lowest BCUT2D eigenvalue weighted by atomic mass is 10.2. The van der Waals surface area contributed by atoms with Gasteiger partial charge in [0.15, 0.2) is 0 Å². The van der Waals surface area contributed by atoms with Gasteiger partial charge in [0, 0.05) is 37.5 Å². The first kappa shape index (κ1) is 13.8. The standard InChI is InChI=1S/C11H15N3O4S/c15-7-5-8(10(16)17)14(6-7)11(18)13-2-1-9-12-3-4-19-9/h3-4,7-8,15H,1-2,5-6H2,(H,13,18)(H,16,17)/t7-,8-/m1/s1.